The largest absolute Gasteiger partial charge is 0.480 e. The molecule has 0 aliphatic rings. The van der Waals surface area contributed by atoms with E-state index >= 15 is 0 Å². The van der Waals surface area contributed by atoms with E-state index in [2.05, 4.69) is 38.2 Å². The van der Waals surface area contributed by atoms with Crippen molar-refractivity contribution in [3.05, 3.63) is 24.3 Å². The fourth-order valence-corrected chi connectivity index (χ4v) is 7.01. The average molecular weight is 802 g/mol. The summed E-state index contributed by atoms with van der Waals surface area (Å²) in [7, 11) is -4.61. The molecule has 0 heterocycles. The molecule has 0 aliphatic heterocycles. The van der Waals surface area contributed by atoms with Crippen molar-refractivity contribution < 1.29 is 42.7 Å². The molecule has 0 fully saturated rings. The molecule has 0 spiro atoms. The Bertz CT molecular complexity index is 977. The normalized spacial score (nSPS) is 14.1. The van der Waals surface area contributed by atoms with Crippen molar-refractivity contribution in [2.75, 3.05) is 26.4 Å². The van der Waals surface area contributed by atoms with Crippen LogP contribution in [0.5, 0.6) is 0 Å². The second-order valence-corrected chi connectivity index (χ2v) is 16.6. The number of aliphatic carboxylic acids is 1. The van der Waals surface area contributed by atoms with Gasteiger partial charge in [-0.25, -0.2) is 4.57 Å². The number of carboxylic acids is 1. The highest BCUT2D eigenvalue weighted by atomic mass is 31.2. The number of unbranched alkanes of at least 4 members (excludes halogenated alkanes) is 25. The van der Waals surface area contributed by atoms with Crippen LogP contribution in [0.4, 0.5) is 0 Å². The van der Waals surface area contributed by atoms with Gasteiger partial charge in [-0.05, 0) is 38.5 Å². The number of phosphoric acid groups is 1. The Kier molecular flexibility index (Phi) is 39.5. The molecule has 3 atom stereocenters. The number of nitrogens with two attached hydrogens (primary N) is 1. The number of esters is 1. The highest BCUT2D eigenvalue weighted by molar-refractivity contribution is 7.47. The van der Waals surface area contributed by atoms with Crippen LogP contribution in [0.25, 0.3) is 0 Å². The molecule has 0 aromatic carbocycles. The van der Waals surface area contributed by atoms with Gasteiger partial charge in [-0.1, -0.05) is 186 Å². The summed E-state index contributed by atoms with van der Waals surface area (Å²) in [5.41, 5.74) is 5.35. The number of allylic oxidation sites excluding steroid dienone is 4. The van der Waals surface area contributed by atoms with Gasteiger partial charge < -0.3 is 25.2 Å². The van der Waals surface area contributed by atoms with Crippen LogP contribution in [-0.2, 0) is 32.7 Å². The fraction of sp³-hybridized carbons (Fsp3) is 0.864. The first kappa shape index (κ1) is 53.5. The number of hydrogen-bond acceptors (Lipinski definition) is 8. The maximum Gasteiger partial charge on any atom is 0.472 e. The first-order valence-corrected chi connectivity index (χ1v) is 23.9. The summed E-state index contributed by atoms with van der Waals surface area (Å²) in [5.74, 6) is -1.78. The highest BCUT2D eigenvalue weighted by Gasteiger charge is 2.27. The zero-order valence-corrected chi connectivity index (χ0v) is 36.2. The van der Waals surface area contributed by atoms with E-state index in [0.29, 0.717) is 13.0 Å². The lowest BCUT2D eigenvalue weighted by Crippen LogP contribution is -2.34. The molecule has 0 bridgehead atoms. The third-order valence-electron chi connectivity index (χ3n) is 9.71. The number of phosphoric ester groups is 1. The third-order valence-corrected chi connectivity index (χ3v) is 10.7. The predicted octanol–water partition coefficient (Wildman–Crippen LogP) is 12.3. The van der Waals surface area contributed by atoms with Gasteiger partial charge in [0.1, 0.15) is 12.1 Å². The van der Waals surface area contributed by atoms with Crippen LogP contribution in [0.1, 0.15) is 206 Å². The van der Waals surface area contributed by atoms with Crippen LogP contribution in [0, 0.1) is 0 Å². The van der Waals surface area contributed by atoms with Crippen molar-refractivity contribution in [1.82, 2.24) is 0 Å². The van der Waals surface area contributed by atoms with Crippen LogP contribution in [0.15, 0.2) is 24.3 Å². The average Bonchev–Trinajstić information content (AvgIpc) is 3.16. The number of carboxylic acid groups (broad SMARTS) is 1. The van der Waals surface area contributed by atoms with E-state index in [1.165, 1.54) is 128 Å². The zero-order valence-electron chi connectivity index (χ0n) is 35.3. The Balaban J connectivity index is 4.18. The molecule has 0 aromatic rings. The second-order valence-electron chi connectivity index (χ2n) is 15.2. The van der Waals surface area contributed by atoms with Gasteiger partial charge in [-0.2, -0.15) is 0 Å². The van der Waals surface area contributed by atoms with Crippen molar-refractivity contribution in [3.63, 3.8) is 0 Å². The third kappa shape index (κ3) is 40.4. The molecule has 324 valence electrons. The van der Waals surface area contributed by atoms with Gasteiger partial charge in [-0.3, -0.25) is 18.6 Å². The minimum absolute atomic E-state index is 0.0134. The summed E-state index contributed by atoms with van der Waals surface area (Å²) in [6, 6.07) is -1.47. The second kappa shape index (κ2) is 40.6. The minimum atomic E-state index is -4.61. The Labute approximate surface area is 336 Å². The summed E-state index contributed by atoms with van der Waals surface area (Å²) in [4.78, 5) is 33.5. The monoisotopic (exact) mass is 802 g/mol. The molecule has 0 saturated heterocycles. The first-order chi connectivity index (χ1) is 26.7. The van der Waals surface area contributed by atoms with E-state index < -0.39 is 45.1 Å². The summed E-state index contributed by atoms with van der Waals surface area (Å²) in [6.07, 6.45) is 43.7. The van der Waals surface area contributed by atoms with Crippen molar-refractivity contribution in [3.8, 4) is 0 Å². The van der Waals surface area contributed by atoms with Crippen molar-refractivity contribution >= 4 is 19.8 Å². The van der Waals surface area contributed by atoms with Gasteiger partial charge in [0.2, 0.25) is 0 Å². The smallest absolute Gasteiger partial charge is 0.472 e. The molecule has 0 saturated carbocycles. The highest BCUT2D eigenvalue weighted by Crippen LogP contribution is 2.43. The summed E-state index contributed by atoms with van der Waals surface area (Å²) in [5, 5.41) is 8.89. The van der Waals surface area contributed by atoms with Crippen molar-refractivity contribution in [2.24, 2.45) is 5.73 Å². The maximum atomic E-state index is 12.6. The Morgan fingerprint density at radius 2 is 1.04 bits per heavy atom. The lowest BCUT2D eigenvalue weighted by Gasteiger charge is -2.20. The SMILES string of the molecule is CCC/C=C\C/C=C\CCCCCCCCOCC(COP(=O)(O)OCC(N)C(=O)O)OC(=O)CCCCCCCCCCCCCCCCCCCCC. The van der Waals surface area contributed by atoms with E-state index in [4.69, 9.17) is 29.4 Å². The quantitative estimate of drug-likeness (QED) is 0.0235. The van der Waals surface area contributed by atoms with Gasteiger partial charge in [0.05, 0.1) is 19.8 Å². The Morgan fingerprint density at radius 3 is 1.55 bits per heavy atom. The number of carbonyl (C=O) groups is 2. The van der Waals surface area contributed by atoms with E-state index in [1.54, 1.807) is 0 Å². The Hall–Kier alpha value is -1.55. The van der Waals surface area contributed by atoms with Crippen LogP contribution < -0.4 is 5.73 Å². The topological polar surface area (TPSA) is 155 Å². The van der Waals surface area contributed by atoms with E-state index in [9.17, 15) is 19.0 Å². The van der Waals surface area contributed by atoms with E-state index in [-0.39, 0.29) is 13.0 Å². The molecular formula is C44H84NO9P. The Morgan fingerprint density at radius 1 is 0.582 bits per heavy atom. The molecule has 11 heteroatoms. The van der Waals surface area contributed by atoms with Crippen LogP contribution >= 0.6 is 7.82 Å². The van der Waals surface area contributed by atoms with Gasteiger partial charge in [-0.15, -0.1) is 0 Å². The molecule has 55 heavy (non-hydrogen) atoms. The van der Waals surface area contributed by atoms with Crippen molar-refractivity contribution in [1.29, 1.82) is 0 Å². The molecule has 10 nitrogen and oxygen atoms in total. The number of carbonyl (C=O) groups excluding carboxylic acids is 1. The van der Waals surface area contributed by atoms with Gasteiger partial charge in [0.25, 0.3) is 0 Å². The van der Waals surface area contributed by atoms with Gasteiger partial charge in [0, 0.05) is 13.0 Å². The molecule has 0 amide bonds. The summed E-state index contributed by atoms with van der Waals surface area (Å²) in [6.45, 7) is 3.82. The molecule has 0 radical (unpaired) electrons. The van der Waals surface area contributed by atoms with Crippen LogP contribution in [0.3, 0.4) is 0 Å². The number of hydrogen-bond donors (Lipinski definition) is 3. The van der Waals surface area contributed by atoms with Crippen molar-refractivity contribution in [2.45, 2.75) is 219 Å². The lowest BCUT2D eigenvalue weighted by atomic mass is 10.0. The molecule has 3 unspecified atom stereocenters. The zero-order chi connectivity index (χ0) is 40.5. The standard InChI is InChI=1S/C44H84NO9P/c1-3-5-7-9-11-13-15-17-19-20-21-22-23-24-26-28-30-32-34-36-43(46)54-41(39-52-55(49,50)53-40-42(45)44(47)48)38-51-37-35-33-31-29-27-25-18-16-14-12-10-8-6-4-2/h8,10,14,16,41-42H,3-7,9,11-13,15,17-40,45H2,1-2H3,(H,47,48)(H,49,50)/b10-8-,16-14-. The first-order valence-electron chi connectivity index (χ1n) is 22.4. The summed E-state index contributed by atoms with van der Waals surface area (Å²) >= 11 is 0. The van der Waals surface area contributed by atoms with Gasteiger partial charge >= 0.3 is 19.8 Å². The van der Waals surface area contributed by atoms with E-state index in [0.717, 1.165) is 51.4 Å². The fourth-order valence-electron chi connectivity index (χ4n) is 6.23. The van der Waals surface area contributed by atoms with Gasteiger partial charge in [0.15, 0.2) is 0 Å². The summed E-state index contributed by atoms with van der Waals surface area (Å²) < 4.78 is 33.4. The van der Waals surface area contributed by atoms with E-state index in [1.807, 2.05) is 0 Å². The molecular weight excluding hydrogens is 717 g/mol. The van der Waals surface area contributed by atoms with Crippen LogP contribution in [0.2, 0.25) is 0 Å². The maximum absolute atomic E-state index is 12.6. The van der Waals surface area contributed by atoms with Crippen LogP contribution in [-0.4, -0.2) is 60.5 Å². The number of rotatable bonds is 43. The lowest BCUT2D eigenvalue weighted by molar-refractivity contribution is -0.154. The molecule has 0 aromatic heterocycles. The minimum Gasteiger partial charge on any atom is -0.480 e. The molecule has 0 rings (SSSR count). The molecule has 4 N–H and O–H groups in total. The molecule has 0 aliphatic carbocycles. The number of ether oxygens (including phenoxy) is 2. The predicted molar refractivity (Wildman–Crippen MR) is 226 cm³/mol.